The van der Waals surface area contributed by atoms with Crippen molar-refractivity contribution in [1.29, 1.82) is 0 Å². The third-order valence-electron chi connectivity index (χ3n) is 2.51. The van der Waals surface area contributed by atoms with Crippen LogP contribution in [0.5, 0.6) is 0 Å². The van der Waals surface area contributed by atoms with E-state index in [4.69, 9.17) is 4.74 Å². The maximum Gasteiger partial charge on any atom is 0.251 e. The molecule has 5 heteroatoms. The Balaban J connectivity index is 0.00000324. The van der Waals surface area contributed by atoms with Crippen molar-refractivity contribution in [1.82, 2.24) is 10.6 Å². The van der Waals surface area contributed by atoms with Crippen molar-refractivity contribution in [2.45, 2.75) is 20.0 Å². The Morgan fingerprint density at radius 2 is 2.05 bits per heavy atom. The lowest BCUT2D eigenvalue weighted by molar-refractivity contribution is 0.0953. The number of hydrogen-bond acceptors (Lipinski definition) is 3. The standard InChI is InChI=1S/C14H22N2O2.ClH/c1-3-7-15-8-9-16-14(17)13-6-4-5-12(10-13)11-18-2;/h4-6,10,15H,3,7-9,11H2,1-2H3,(H,16,17);1H. The molecular formula is C14H23ClN2O2. The molecule has 0 aromatic heterocycles. The molecule has 0 radical (unpaired) electrons. The van der Waals surface area contributed by atoms with Gasteiger partial charge in [0.2, 0.25) is 0 Å². The SMILES string of the molecule is CCCNCCNC(=O)c1cccc(COC)c1.Cl. The summed E-state index contributed by atoms with van der Waals surface area (Å²) in [7, 11) is 1.64. The van der Waals surface area contributed by atoms with Gasteiger partial charge in [0, 0.05) is 25.8 Å². The summed E-state index contributed by atoms with van der Waals surface area (Å²) in [5.41, 5.74) is 1.69. The lowest BCUT2D eigenvalue weighted by Gasteiger charge is -2.07. The van der Waals surface area contributed by atoms with E-state index in [9.17, 15) is 4.79 Å². The Morgan fingerprint density at radius 1 is 1.26 bits per heavy atom. The molecule has 0 atom stereocenters. The summed E-state index contributed by atoms with van der Waals surface area (Å²) in [5.74, 6) is -0.0359. The number of benzene rings is 1. The fraction of sp³-hybridized carbons (Fsp3) is 0.500. The average Bonchev–Trinajstić information content (AvgIpc) is 2.39. The predicted octanol–water partition coefficient (Wildman–Crippen LogP) is 1.98. The molecule has 0 aliphatic carbocycles. The molecule has 0 aliphatic rings. The van der Waals surface area contributed by atoms with E-state index in [1.807, 2.05) is 24.3 Å². The van der Waals surface area contributed by atoms with Gasteiger partial charge in [0.1, 0.15) is 0 Å². The van der Waals surface area contributed by atoms with Gasteiger partial charge in [0.15, 0.2) is 0 Å². The largest absolute Gasteiger partial charge is 0.380 e. The highest BCUT2D eigenvalue weighted by Crippen LogP contribution is 2.06. The number of amides is 1. The summed E-state index contributed by atoms with van der Waals surface area (Å²) < 4.78 is 5.05. The van der Waals surface area contributed by atoms with E-state index in [2.05, 4.69) is 17.6 Å². The first kappa shape index (κ1) is 17.9. The lowest BCUT2D eigenvalue weighted by atomic mass is 10.1. The van der Waals surface area contributed by atoms with Crippen molar-refractivity contribution in [2.24, 2.45) is 0 Å². The third-order valence-corrected chi connectivity index (χ3v) is 2.51. The van der Waals surface area contributed by atoms with Crippen molar-refractivity contribution < 1.29 is 9.53 Å². The van der Waals surface area contributed by atoms with Gasteiger partial charge in [-0.3, -0.25) is 4.79 Å². The molecule has 0 fully saturated rings. The fourth-order valence-electron chi connectivity index (χ4n) is 1.64. The Bertz CT molecular complexity index is 372. The smallest absolute Gasteiger partial charge is 0.251 e. The predicted molar refractivity (Wildman–Crippen MR) is 79.9 cm³/mol. The molecule has 0 aliphatic heterocycles. The Morgan fingerprint density at radius 3 is 2.74 bits per heavy atom. The molecule has 0 bridgehead atoms. The molecule has 108 valence electrons. The molecule has 0 saturated heterocycles. The quantitative estimate of drug-likeness (QED) is 0.719. The molecular weight excluding hydrogens is 264 g/mol. The maximum absolute atomic E-state index is 11.9. The maximum atomic E-state index is 11.9. The first-order valence-corrected chi connectivity index (χ1v) is 6.34. The average molecular weight is 287 g/mol. The van der Waals surface area contributed by atoms with Gasteiger partial charge in [-0.25, -0.2) is 0 Å². The summed E-state index contributed by atoms with van der Waals surface area (Å²) in [6.07, 6.45) is 1.10. The van der Waals surface area contributed by atoms with E-state index in [1.165, 1.54) is 0 Å². The van der Waals surface area contributed by atoms with Crippen LogP contribution in [0.3, 0.4) is 0 Å². The van der Waals surface area contributed by atoms with E-state index in [0.29, 0.717) is 18.7 Å². The monoisotopic (exact) mass is 286 g/mol. The van der Waals surface area contributed by atoms with Gasteiger partial charge in [0.05, 0.1) is 6.61 Å². The zero-order valence-electron chi connectivity index (χ0n) is 11.6. The number of rotatable bonds is 8. The summed E-state index contributed by atoms with van der Waals surface area (Å²) in [4.78, 5) is 11.9. The zero-order valence-corrected chi connectivity index (χ0v) is 12.4. The number of methoxy groups -OCH3 is 1. The van der Waals surface area contributed by atoms with Gasteiger partial charge >= 0.3 is 0 Å². The van der Waals surface area contributed by atoms with E-state index in [1.54, 1.807) is 7.11 Å². The van der Waals surface area contributed by atoms with Crippen molar-refractivity contribution in [3.05, 3.63) is 35.4 Å². The van der Waals surface area contributed by atoms with Crippen LogP contribution in [-0.2, 0) is 11.3 Å². The molecule has 2 N–H and O–H groups in total. The van der Waals surface area contributed by atoms with Gasteiger partial charge in [-0.05, 0) is 30.7 Å². The number of carbonyl (C=O) groups is 1. The summed E-state index contributed by atoms with van der Waals surface area (Å²) in [6.45, 7) is 5.08. The first-order chi connectivity index (χ1) is 8.77. The lowest BCUT2D eigenvalue weighted by Crippen LogP contribution is -2.32. The number of hydrogen-bond donors (Lipinski definition) is 2. The molecule has 19 heavy (non-hydrogen) atoms. The minimum Gasteiger partial charge on any atom is -0.380 e. The van der Waals surface area contributed by atoms with Crippen LogP contribution in [0.1, 0.15) is 29.3 Å². The number of nitrogens with one attached hydrogen (secondary N) is 2. The van der Waals surface area contributed by atoms with Gasteiger partial charge in [-0.1, -0.05) is 19.1 Å². The molecule has 1 aromatic carbocycles. The number of halogens is 1. The Kier molecular flexibility index (Phi) is 10.2. The van der Waals surface area contributed by atoms with Crippen LogP contribution in [-0.4, -0.2) is 32.7 Å². The van der Waals surface area contributed by atoms with Crippen LogP contribution in [0.4, 0.5) is 0 Å². The molecule has 0 unspecified atom stereocenters. The molecule has 4 nitrogen and oxygen atoms in total. The number of carbonyl (C=O) groups excluding carboxylic acids is 1. The van der Waals surface area contributed by atoms with Crippen LogP contribution < -0.4 is 10.6 Å². The van der Waals surface area contributed by atoms with E-state index in [-0.39, 0.29) is 18.3 Å². The summed E-state index contributed by atoms with van der Waals surface area (Å²) in [6, 6.07) is 7.49. The van der Waals surface area contributed by atoms with Gasteiger partial charge in [0.25, 0.3) is 5.91 Å². The Hall–Kier alpha value is -1.10. The fourth-order valence-corrected chi connectivity index (χ4v) is 1.64. The molecule has 1 amide bonds. The van der Waals surface area contributed by atoms with Crippen molar-refractivity contribution in [2.75, 3.05) is 26.7 Å². The number of ether oxygens (including phenoxy) is 1. The van der Waals surface area contributed by atoms with E-state index >= 15 is 0 Å². The van der Waals surface area contributed by atoms with Crippen molar-refractivity contribution in [3.63, 3.8) is 0 Å². The highest BCUT2D eigenvalue weighted by Gasteiger charge is 2.05. The Labute approximate surface area is 121 Å². The van der Waals surface area contributed by atoms with Crippen LogP contribution in [0.15, 0.2) is 24.3 Å². The second-order valence-corrected chi connectivity index (χ2v) is 4.14. The van der Waals surface area contributed by atoms with Crippen LogP contribution in [0.25, 0.3) is 0 Å². The van der Waals surface area contributed by atoms with E-state index < -0.39 is 0 Å². The highest BCUT2D eigenvalue weighted by molar-refractivity contribution is 5.94. The van der Waals surface area contributed by atoms with Crippen LogP contribution in [0.2, 0.25) is 0 Å². The molecule has 0 saturated carbocycles. The minimum atomic E-state index is -0.0359. The van der Waals surface area contributed by atoms with Crippen LogP contribution in [0, 0.1) is 0 Å². The van der Waals surface area contributed by atoms with Crippen LogP contribution >= 0.6 is 12.4 Å². The molecule has 0 heterocycles. The van der Waals surface area contributed by atoms with Crippen molar-refractivity contribution in [3.8, 4) is 0 Å². The second-order valence-electron chi connectivity index (χ2n) is 4.14. The summed E-state index contributed by atoms with van der Waals surface area (Å²) >= 11 is 0. The molecule has 1 aromatic rings. The third kappa shape index (κ3) is 7.15. The molecule has 0 spiro atoms. The first-order valence-electron chi connectivity index (χ1n) is 6.34. The second kappa shape index (κ2) is 10.8. The molecule has 1 rings (SSSR count). The zero-order chi connectivity index (χ0) is 13.2. The van der Waals surface area contributed by atoms with Gasteiger partial charge < -0.3 is 15.4 Å². The summed E-state index contributed by atoms with van der Waals surface area (Å²) in [5, 5.41) is 6.12. The van der Waals surface area contributed by atoms with E-state index in [0.717, 1.165) is 25.1 Å². The minimum absolute atomic E-state index is 0. The van der Waals surface area contributed by atoms with Gasteiger partial charge in [-0.15, -0.1) is 12.4 Å². The highest BCUT2D eigenvalue weighted by atomic mass is 35.5. The van der Waals surface area contributed by atoms with Crippen molar-refractivity contribution >= 4 is 18.3 Å². The normalized spacial score (nSPS) is 9.79. The van der Waals surface area contributed by atoms with Gasteiger partial charge in [-0.2, -0.15) is 0 Å². The topological polar surface area (TPSA) is 50.4 Å².